The summed E-state index contributed by atoms with van der Waals surface area (Å²) in [6.45, 7) is 1.80. The van der Waals surface area contributed by atoms with Crippen LogP contribution in [0.1, 0.15) is 18.5 Å². The van der Waals surface area contributed by atoms with Crippen molar-refractivity contribution in [2.45, 2.75) is 13.0 Å². The molecule has 0 bridgehead atoms. The van der Waals surface area contributed by atoms with Crippen LogP contribution >= 0.6 is 0 Å². The Labute approximate surface area is 111 Å². The number of rotatable bonds is 6. The number of nitrogens with one attached hydrogen (secondary N) is 1. The van der Waals surface area contributed by atoms with E-state index in [4.69, 9.17) is 10.6 Å². The zero-order valence-electron chi connectivity index (χ0n) is 10.6. The Morgan fingerprint density at radius 1 is 1.47 bits per heavy atom. The lowest BCUT2D eigenvalue weighted by Gasteiger charge is -2.14. The van der Waals surface area contributed by atoms with Gasteiger partial charge in [0, 0.05) is 18.1 Å². The van der Waals surface area contributed by atoms with E-state index in [9.17, 15) is 4.79 Å². The van der Waals surface area contributed by atoms with E-state index < -0.39 is 5.91 Å². The summed E-state index contributed by atoms with van der Waals surface area (Å²) in [6, 6.07) is 7.92. The average Bonchev–Trinajstić information content (AvgIpc) is 2.92. The molecule has 0 radical (unpaired) electrons. The first kappa shape index (κ1) is 13.3. The minimum absolute atomic E-state index is 0.0313. The lowest BCUT2D eigenvalue weighted by molar-refractivity contribution is -0.126. The summed E-state index contributed by atoms with van der Waals surface area (Å²) < 4.78 is 1.92. The van der Waals surface area contributed by atoms with E-state index >= 15 is 0 Å². The smallest absolute Gasteiger partial charge is 0.245 e. The Kier molecular flexibility index (Phi) is 4.27. The molecule has 0 aliphatic rings. The highest BCUT2D eigenvalue weighted by Gasteiger charge is 2.06. The van der Waals surface area contributed by atoms with Crippen molar-refractivity contribution in [3.63, 3.8) is 0 Å². The fraction of sp³-hybridized carbons (Fsp3) is 0.231. The molecule has 100 valence electrons. The van der Waals surface area contributed by atoms with Gasteiger partial charge < -0.3 is 10.3 Å². The molecule has 19 heavy (non-hydrogen) atoms. The molecule has 0 saturated carbocycles. The molecule has 2 rings (SSSR count). The normalized spacial score (nSPS) is 12.3. The van der Waals surface area contributed by atoms with Crippen LogP contribution in [-0.4, -0.2) is 22.1 Å². The quantitative estimate of drug-likeness (QED) is 0.757. The lowest BCUT2D eigenvalue weighted by Crippen LogP contribution is -2.26. The van der Waals surface area contributed by atoms with Crippen molar-refractivity contribution in [3.05, 3.63) is 48.5 Å². The van der Waals surface area contributed by atoms with E-state index in [1.54, 1.807) is 12.5 Å². The molecule has 1 atom stereocenters. The van der Waals surface area contributed by atoms with E-state index in [0.29, 0.717) is 0 Å². The number of hydrogen-bond donors (Lipinski definition) is 2. The number of carbonyl (C=O) groups is 1. The molecule has 0 aliphatic heterocycles. The predicted molar refractivity (Wildman–Crippen MR) is 70.3 cm³/mol. The number of hydrogen-bond acceptors (Lipinski definition) is 4. The van der Waals surface area contributed by atoms with Crippen molar-refractivity contribution in [3.8, 4) is 5.69 Å². The van der Waals surface area contributed by atoms with Gasteiger partial charge in [-0.05, 0) is 24.6 Å². The van der Waals surface area contributed by atoms with Gasteiger partial charge in [0.2, 0.25) is 5.91 Å². The van der Waals surface area contributed by atoms with E-state index in [-0.39, 0.29) is 12.6 Å². The largest absolute Gasteiger partial charge is 0.368 e. The molecule has 0 fully saturated rings. The Hall–Kier alpha value is -2.18. The maximum atomic E-state index is 10.5. The minimum Gasteiger partial charge on any atom is -0.368 e. The van der Waals surface area contributed by atoms with Gasteiger partial charge in [0.1, 0.15) is 6.61 Å². The van der Waals surface area contributed by atoms with Gasteiger partial charge in [0.05, 0.1) is 12.4 Å². The van der Waals surface area contributed by atoms with E-state index in [1.807, 2.05) is 42.0 Å². The van der Waals surface area contributed by atoms with Crippen molar-refractivity contribution < 1.29 is 9.63 Å². The first-order valence-corrected chi connectivity index (χ1v) is 5.90. The molecule has 1 unspecified atom stereocenters. The van der Waals surface area contributed by atoms with Gasteiger partial charge in [0.25, 0.3) is 0 Å². The molecule has 2 aromatic rings. The number of carbonyl (C=O) groups excluding carboxylic acids is 1. The van der Waals surface area contributed by atoms with Crippen LogP contribution in [0.15, 0.2) is 43.0 Å². The van der Waals surface area contributed by atoms with E-state index in [0.717, 1.165) is 11.3 Å². The molecule has 3 N–H and O–H groups in total. The zero-order chi connectivity index (χ0) is 13.7. The van der Waals surface area contributed by atoms with Gasteiger partial charge in [-0.15, -0.1) is 0 Å². The van der Waals surface area contributed by atoms with Crippen LogP contribution in [0.25, 0.3) is 5.69 Å². The molecule has 6 nitrogen and oxygen atoms in total. The Bertz CT molecular complexity index is 522. The summed E-state index contributed by atoms with van der Waals surface area (Å²) in [5, 5.41) is 0. The molecule has 1 heterocycles. The monoisotopic (exact) mass is 260 g/mol. The standard InChI is InChI=1S/C13H16N4O2/c1-10(16-19-8-13(14)18)11-2-4-12(5-3-11)17-7-6-15-9-17/h2-7,9-10,16H,8H2,1H3,(H2,14,18). The van der Waals surface area contributed by atoms with Crippen molar-refractivity contribution in [1.82, 2.24) is 15.0 Å². The lowest BCUT2D eigenvalue weighted by atomic mass is 10.1. The highest BCUT2D eigenvalue weighted by Crippen LogP contribution is 2.15. The Morgan fingerprint density at radius 2 is 2.21 bits per heavy atom. The third kappa shape index (κ3) is 3.64. The maximum absolute atomic E-state index is 10.5. The predicted octanol–water partition coefficient (Wildman–Crippen LogP) is 0.940. The molecular formula is C13H16N4O2. The number of hydroxylamine groups is 1. The van der Waals surface area contributed by atoms with Crippen LogP contribution in [0, 0.1) is 0 Å². The minimum atomic E-state index is -0.504. The van der Waals surface area contributed by atoms with Crippen LogP contribution in [0.3, 0.4) is 0 Å². The van der Waals surface area contributed by atoms with Gasteiger partial charge in [-0.1, -0.05) is 12.1 Å². The van der Waals surface area contributed by atoms with E-state index in [2.05, 4.69) is 10.5 Å². The molecule has 1 aromatic heterocycles. The first-order chi connectivity index (χ1) is 9.16. The summed E-state index contributed by atoms with van der Waals surface area (Å²) >= 11 is 0. The fourth-order valence-corrected chi connectivity index (χ4v) is 1.65. The number of imidazole rings is 1. The summed E-state index contributed by atoms with van der Waals surface area (Å²) in [4.78, 5) is 19.5. The molecule has 1 amide bonds. The van der Waals surface area contributed by atoms with Crippen LogP contribution in [0.2, 0.25) is 0 Å². The fourth-order valence-electron chi connectivity index (χ4n) is 1.65. The average molecular weight is 260 g/mol. The SMILES string of the molecule is CC(NOCC(N)=O)c1ccc(-n2ccnc2)cc1. The van der Waals surface area contributed by atoms with Gasteiger partial charge in [-0.25, -0.2) is 4.98 Å². The highest BCUT2D eigenvalue weighted by atomic mass is 16.6. The second kappa shape index (κ2) is 6.12. The van der Waals surface area contributed by atoms with Crippen molar-refractivity contribution in [1.29, 1.82) is 0 Å². The topological polar surface area (TPSA) is 82.2 Å². The van der Waals surface area contributed by atoms with E-state index in [1.165, 1.54) is 0 Å². The van der Waals surface area contributed by atoms with Gasteiger partial charge in [-0.3, -0.25) is 9.63 Å². The van der Waals surface area contributed by atoms with Gasteiger partial charge in [0.15, 0.2) is 0 Å². The second-order valence-corrected chi connectivity index (χ2v) is 4.16. The summed E-state index contributed by atoms with van der Waals surface area (Å²) in [5.74, 6) is -0.504. The molecule has 6 heteroatoms. The molecular weight excluding hydrogens is 244 g/mol. The van der Waals surface area contributed by atoms with Gasteiger partial charge >= 0.3 is 0 Å². The summed E-state index contributed by atoms with van der Waals surface area (Å²) in [5.41, 5.74) is 9.83. The Balaban J connectivity index is 1.96. The van der Waals surface area contributed by atoms with Crippen LogP contribution in [0.4, 0.5) is 0 Å². The van der Waals surface area contributed by atoms with Crippen molar-refractivity contribution >= 4 is 5.91 Å². The second-order valence-electron chi connectivity index (χ2n) is 4.16. The van der Waals surface area contributed by atoms with Crippen LogP contribution in [-0.2, 0) is 9.63 Å². The first-order valence-electron chi connectivity index (χ1n) is 5.90. The maximum Gasteiger partial charge on any atom is 0.245 e. The third-order valence-corrected chi connectivity index (χ3v) is 2.67. The summed E-state index contributed by atoms with van der Waals surface area (Å²) in [6.07, 6.45) is 5.36. The van der Waals surface area contributed by atoms with Crippen LogP contribution in [0.5, 0.6) is 0 Å². The van der Waals surface area contributed by atoms with Crippen molar-refractivity contribution in [2.24, 2.45) is 5.73 Å². The molecule has 0 spiro atoms. The van der Waals surface area contributed by atoms with Crippen LogP contribution < -0.4 is 11.2 Å². The van der Waals surface area contributed by atoms with Crippen molar-refractivity contribution in [2.75, 3.05) is 6.61 Å². The molecule has 1 aromatic carbocycles. The summed E-state index contributed by atoms with van der Waals surface area (Å²) in [7, 11) is 0. The molecule has 0 aliphatic carbocycles. The van der Waals surface area contributed by atoms with Gasteiger partial charge in [-0.2, -0.15) is 5.48 Å². The Morgan fingerprint density at radius 3 is 2.79 bits per heavy atom. The number of nitrogens with two attached hydrogens (primary N) is 1. The number of nitrogens with zero attached hydrogens (tertiary/aromatic N) is 2. The third-order valence-electron chi connectivity index (χ3n) is 2.67. The number of aromatic nitrogens is 2. The number of amides is 1. The zero-order valence-corrected chi connectivity index (χ0v) is 10.6. The molecule has 0 saturated heterocycles. The number of benzene rings is 1. The number of primary amides is 1. The highest BCUT2D eigenvalue weighted by molar-refractivity contribution is 5.74.